The summed E-state index contributed by atoms with van der Waals surface area (Å²) >= 11 is 1.48. The van der Waals surface area contributed by atoms with Crippen molar-refractivity contribution in [3.63, 3.8) is 0 Å². The molecule has 0 fully saturated rings. The minimum Gasteiger partial charge on any atom is -0.322 e. The zero-order chi connectivity index (χ0) is 19.8. The van der Waals surface area contributed by atoms with E-state index in [-0.39, 0.29) is 11.5 Å². The molecule has 0 atom stereocenters. The van der Waals surface area contributed by atoms with Crippen LogP contribution in [0.25, 0.3) is 22.0 Å². The number of carbonyl (C=O) groups is 1. The predicted molar refractivity (Wildman–Crippen MR) is 114 cm³/mol. The van der Waals surface area contributed by atoms with Gasteiger partial charge in [0.2, 0.25) is 0 Å². The van der Waals surface area contributed by atoms with Crippen molar-refractivity contribution >= 4 is 33.8 Å². The highest BCUT2D eigenvalue weighted by Crippen LogP contribution is 2.27. The number of aryl methyl sites for hydroxylation is 3. The third-order valence-corrected chi connectivity index (χ3v) is 5.50. The number of rotatable bonds is 3. The highest BCUT2D eigenvalue weighted by molar-refractivity contribution is 7.08. The second-order valence-corrected chi connectivity index (χ2v) is 7.58. The van der Waals surface area contributed by atoms with Gasteiger partial charge in [-0.1, -0.05) is 6.07 Å². The summed E-state index contributed by atoms with van der Waals surface area (Å²) in [4.78, 5) is 29.7. The maximum atomic E-state index is 13.0. The smallest absolute Gasteiger partial charge is 0.258 e. The molecule has 0 unspecified atom stereocenters. The molecule has 4 aromatic rings. The van der Waals surface area contributed by atoms with Gasteiger partial charge in [-0.3, -0.25) is 14.6 Å². The van der Waals surface area contributed by atoms with Gasteiger partial charge in [-0.05, 0) is 60.7 Å². The minimum atomic E-state index is -0.165. The van der Waals surface area contributed by atoms with Crippen LogP contribution in [0.2, 0.25) is 0 Å². The van der Waals surface area contributed by atoms with Crippen LogP contribution >= 0.6 is 11.3 Å². The largest absolute Gasteiger partial charge is 0.322 e. The predicted octanol–water partition coefficient (Wildman–Crippen LogP) is 4.53. The third-order valence-electron chi connectivity index (χ3n) is 4.81. The van der Waals surface area contributed by atoms with Crippen molar-refractivity contribution in [2.45, 2.75) is 13.8 Å². The first-order valence-electron chi connectivity index (χ1n) is 8.85. The molecular weight excluding hydrogens is 370 g/mol. The second-order valence-electron chi connectivity index (χ2n) is 6.80. The van der Waals surface area contributed by atoms with Crippen LogP contribution in [-0.4, -0.2) is 15.5 Å². The highest BCUT2D eigenvalue weighted by atomic mass is 32.1. The summed E-state index contributed by atoms with van der Waals surface area (Å²) in [5, 5.41) is 7.47. The summed E-state index contributed by atoms with van der Waals surface area (Å²) in [5.74, 6) is -0.165. The Bertz CT molecular complexity index is 1260. The van der Waals surface area contributed by atoms with E-state index < -0.39 is 0 Å². The van der Waals surface area contributed by atoms with Crippen molar-refractivity contribution in [3.8, 4) is 11.1 Å². The molecule has 0 bridgehead atoms. The van der Waals surface area contributed by atoms with Crippen molar-refractivity contribution in [2.24, 2.45) is 7.05 Å². The number of pyridine rings is 2. The monoisotopic (exact) mass is 389 g/mol. The quantitative estimate of drug-likeness (QED) is 0.560. The first-order valence-corrected chi connectivity index (χ1v) is 9.79. The lowest BCUT2D eigenvalue weighted by Gasteiger charge is -2.13. The Morgan fingerprint density at radius 3 is 2.68 bits per heavy atom. The lowest BCUT2D eigenvalue weighted by Crippen LogP contribution is -2.19. The zero-order valence-corrected chi connectivity index (χ0v) is 16.6. The number of carbonyl (C=O) groups excluding carboxylic acids is 1. The number of aromatic nitrogens is 2. The summed E-state index contributed by atoms with van der Waals surface area (Å²) in [6.45, 7) is 3.86. The van der Waals surface area contributed by atoms with E-state index in [1.54, 1.807) is 29.3 Å². The van der Waals surface area contributed by atoms with Crippen LogP contribution in [0.5, 0.6) is 0 Å². The number of amides is 1. The van der Waals surface area contributed by atoms with E-state index in [2.05, 4.69) is 10.3 Å². The van der Waals surface area contributed by atoms with E-state index >= 15 is 0 Å². The Labute approximate surface area is 166 Å². The summed E-state index contributed by atoms with van der Waals surface area (Å²) < 4.78 is 1.65. The van der Waals surface area contributed by atoms with E-state index in [1.165, 1.54) is 11.3 Å². The molecule has 0 spiro atoms. The summed E-state index contributed by atoms with van der Waals surface area (Å²) in [6.07, 6.45) is 1.78. The van der Waals surface area contributed by atoms with E-state index in [9.17, 15) is 9.59 Å². The molecule has 0 aliphatic rings. The van der Waals surface area contributed by atoms with Gasteiger partial charge in [0.1, 0.15) is 0 Å². The first kappa shape index (κ1) is 18.1. The van der Waals surface area contributed by atoms with Gasteiger partial charge in [-0.15, -0.1) is 0 Å². The van der Waals surface area contributed by atoms with Crippen molar-refractivity contribution in [1.29, 1.82) is 0 Å². The molecule has 0 saturated heterocycles. The average Bonchev–Trinajstić information content (AvgIpc) is 3.22. The van der Waals surface area contributed by atoms with Crippen LogP contribution in [-0.2, 0) is 7.05 Å². The van der Waals surface area contributed by atoms with Crippen molar-refractivity contribution in [2.75, 3.05) is 5.32 Å². The molecule has 4 rings (SSSR count). The van der Waals surface area contributed by atoms with E-state index in [0.29, 0.717) is 16.8 Å². The number of hydrogen-bond donors (Lipinski definition) is 1. The Hall–Kier alpha value is -3.25. The van der Waals surface area contributed by atoms with Gasteiger partial charge in [-0.2, -0.15) is 11.3 Å². The van der Waals surface area contributed by atoms with Gasteiger partial charge in [0, 0.05) is 41.0 Å². The van der Waals surface area contributed by atoms with Crippen LogP contribution in [0.1, 0.15) is 21.6 Å². The number of anilines is 1. The highest BCUT2D eigenvalue weighted by Gasteiger charge is 2.13. The first-order chi connectivity index (χ1) is 13.4. The second kappa shape index (κ2) is 7.05. The Balaban J connectivity index is 1.81. The number of benzene rings is 1. The zero-order valence-electron chi connectivity index (χ0n) is 15.8. The normalized spacial score (nSPS) is 11.0. The molecular formula is C22H19N3O2S. The van der Waals surface area contributed by atoms with Crippen molar-refractivity contribution < 1.29 is 4.79 Å². The molecule has 0 saturated carbocycles. The Morgan fingerprint density at radius 1 is 1.11 bits per heavy atom. The topological polar surface area (TPSA) is 64.0 Å². The fraction of sp³-hybridized carbons (Fsp3) is 0.136. The molecule has 140 valence electrons. The van der Waals surface area contributed by atoms with Gasteiger partial charge in [0.05, 0.1) is 11.1 Å². The average molecular weight is 389 g/mol. The fourth-order valence-electron chi connectivity index (χ4n) is 3.24. The number of nitrogens with zero attached hydrogens (tertiary/aromatic N) is 2. The third kappa shape index (κ3) is 3.23. The molecule has 28 heavy (non-hydrogen) atoms. The van der Waals surface area contributed by atoms with Crippen LogP contribution in [0, 0.1) is 13.8 Å². The minimum absolute atomic E-state index is 0.0810. The molecule has 1 N–H and O–H groups in total. The fourth-order valence-corrected chi connectivity index (χ4v) is 3.88. The summed E-state index contributed by atoms with van der Waals surface area (Å²) in [7, 11) is 1.77. The number of thiophene rings is 1. The molecule has 0 radical (unpaired) electrons. The van der Waals surface area contributed by atoms with E-state index in [0.717, 1.165) is 27.7 Å². The Kier molecular flexibility index (Phi) is 4.57. The summed E-state index contributed by atoms with van der Waals surface area (Å²) in [5.41, 5.74) is 5.25. The SMILES string of the molecule is Cc1cc2c(cn1)cc(-c1cc(NC(=O)c3ccsc3)ccc1C)c(=O)n2C. The van der Waals surface area contributed by atoms with Crippen molar-refractivity contribution in [1.82, 2.24) is 9.55 Å². The van der Waals surface area contributed by atoms with Crippen LogP contribution in [0.3, 0.4) is 0 Å². The lowest BCUT2D eigenvalue weighted by atomic mass is 9.99. The van der Waals surface area contributed by atoms with Gasteiger partial charge in [0.15, 0.2) is 0 Å². The molecule has 6 heteroatoms. The maximum absolute atomic E-state index is 13.0. The van der Waals surface area contributed by atoms with Crippen LogP contribution in [0.15, 0.2) is 58.1 Å². The molecule has 1 amide bonds. The molecule has 5 nitrogen and oxygen atoms in total. The Morgan fingerprint density at radius 2 is 1.93 bits per heavy atom. The molecule has 0 aliphatic heterocycles. The van der Waals surface area contributed by atoms with E-state index in [1.807, 2.05) is 49.6 Å². The van der Waals surface area contributed by atoms with Gasteiger partial charge in [-0.25, -0.2) is 0 Å². The molecule has 3 heterocycles. The lowest BCUT2D eigenvalue weighted by molar-refractivity contribution is 0.102. The van der Waals surface area contributed by atoms with Gasteiger partial charge >= 0.3 is 0 Å². The molecule has 1 aromatic carbocycles. The standard InChI is InChI=1S/C22H19N3O2S/c1-13-4-5-17(24-21(26)15-6-7-28-12-15)10-18(13)19-9-16-11-23-14(2)8-20(16)25(3)22(19)27/h4-12H,1-3H3,(H,24,26). The van der Waals surface area contributed by atoms with Gasteiger partial charge in [0.25, 0.3) is 11.5 Å². The maximum Gasteiger partial charge on any atom is 0.258 e. The van der Waals surface area contributed by atoms with Gasteiger partial charge < -0.3 is 9.88 Å². The number of fused-ring (bicyclic) bond motifs is 1. The number of hydrogen-bond acceptors (Lipinski definition) is 4. The molecule has 3 aromatic heterocycles. The number of nitrogens with one attached hydrogen (secondary N) is 1. The van der Waals surface area contributed by atoms with Crippen LogP contribution in [0.4, 0.5) is 5.69 Å². The van der Waals surface area contributed by atoms with Crippen LogP contribution < -0.4 is 10.9 Å². The van der Waals surface area contributed by atoms with E-state index in [4.69, 9.17) is 0 Å². The van der Waals surface area contributed by atoms with Crippen molar-refractivity contribution in [3.05, 3.63) is 80.5 Å². The molecule has 0 aliphatic carbocycles. The summed E-state index contributed by atoms with van der Waals surface area (Å²) in [6, 6.07) is 11.2.